The Morgan fingerprint density at radius 1 is 1.36 bits per heavy atom. The minimum Gasteiger partial charge on any atom is -0.392 e. The fourth-order valence-corrected chi connectivity index (χ4v) is 1.89. The van der Waals surface area contributed by atoms with E-state index in [4.69, 9.17) is 0 Å². The van der Waals surface area contributed by atoms with Gasteiger partial charge in [0.15, 0.2) is 0 Å². The molecule has 0 aromatic rings. The topological polar surface area (TPSA) is 32.3 Å². The molecule has 0 radical (unpaired) electrons. The van der Waals surface area contributed by atoms with Crippen LogP contribution in [0.15, 0.2) is 0 Å². The van der Waals surface area contributed by atoms with E-state index >= 15 is 0 Å². The van der Waals surface area contributed by atoms with Gasteiger partial charge in [0, 0.05) is 6.54 Å². The summed E-state index contributed by atoms with van der Waals surface area (Å²) in [4.78, 5) is 0. The average molecular weight is 157 g/mol. The smallest absolute Gasteiger partial charge is 0.0692 e. The van der Waals surface area contributed by atoms with Gasteiger partial charge in [-0.15, -0.1) is 0 Å². The van der Waals surface area contributed by atoms with Crippen molar-refractivity contribution in [3.63, 3.8) is 0 Å². The molecule has 0 aromatic carbocycles. The number of rotatable bonds is 3. The summed E-state index contributed by atoms with van der Waals surface area (Å²) in [5, 5.41) is 12.6. The molecule has 0 amide bonds. The highest BCUT2D eigenvalue weighted by molar-refractivity contribution is 4.73. The van der Waals surface area contributed by atoms with E-state index in [-0.39, 0.29) is 6.10 Å². The molecular formula is C9H19NO. The van der Waals surface area contributed by atoms with E-state index in [1.165, 1.54) is 32.1 Å². The van der Waals surface area contributed by atoms with Gasteiger partial charge in [0.25, 0.3) is 0 Å². The van der Waals surface area contributed by atoms with Crippen molar-refractivity contribution >= 4 is 0 Å². The van der Waals surface area contributed by atoms with Crippen molar-refractivity contribution in [1.29, 1.82) is 0 Å². The van der Waals surface area contributed by atoms with Crippen LogP contribution in [-0.2, 0) is 0 Å². The monoisotopic (exact) mass is 157 g/mol. The lowest BCUT2D eigenvalue weighted by atomic mass is 9.85. The van der Waals surface area contributed by atoms with E-state index in [9.17, 15) is 5.11 Å². The van der Waals surface area contributed by atoms with Crippen LogP contribution in [0.3, 0.4) is 0 Å². The molecule has 0 spiro atoms. The van der Waals surface area contributed by atoms with Gasteiger partial charge in [-0.1, -0.05) is 19.3 Å². The van der Waals surface area contributed by atoms with E-state index in [2.05, 4.69) is 5.32 Å². The summed E-state index contributed by atoms with van der Waals surface area (Å²) >= 11 is 0. The maximum absolute atomic E-state index is 9.61. The molecule has 11 heavy (non-hydrogen) atoms. The normalized spacial score (nSPS) is 23.5. The summed E-state index contributed by atoms with van der Waals surface area (Å²) in [6, 6.07) is 0. The number of likely N-dealkylation sites (N-methyl/N-ethyl adjacent to an activating group) is 1. The first-order valence-corrected chi connectivity index (χ1v) is 4.67. The predicted molar refractivity (Wildman–Crippen MR) is 46.5 cm³/mol. The molecule has 2 nitrogen and oxygen atoms in total. The first-order chi connectivity index (χ1) is 5.34. The van der Waals surface area contributed by atoms with Crippen LogP contribution in [0.1, 0.15) is 32.1 Å². The molecular weight excluding hydrogens is 138 g/mol. The highest BCUT2D eigenvalue weighted by Crippen LogP contribution is 2.25. The first kappa shape index (κ1) is 9.01. The van der Waals surface area contributed by atoms with Crippen LogP contribution in [0.4, 0.5) is 0 Å². The summed E-state index contributed by atoms with van der Waals surface area (Å²) in [6.45, 7) is 0.755. The van der Waals surface area contributed by atoms with Crippen LogP contribution in [0, 0.1) is 5.92 Å². The molecule has 1 aliphatic rings. The Morgan fingerprint density at radius 3 is 2.55 bits per heavy atom. The maximum atomic E-state index is 9.61. The van der Waals surface area contributed by atoms with E-state index in [1.807, 2.05) is 7.05 Å². The molecule has 0 heterocycles. The number of aliphatic hydroxyl groups is 1. The van der Waals surface area contributed by atoms with Gasteiger partial charge < -0.3 is 10.4 Å². The lowest BCUT2D eigenvalue weighted by Crippen LogP contribution is -2.32. The van der Waals surface area contributed by atoms with E-state index in [0.717, 1.165) is 6.54 Å². The minimum absolute atomic E-state index is 0.111. The molecule has 0 aromatic heterocycles. The maximum Gasteiger partial charge on any atom is 0.0692 e. The molecule has 0 saturated heterocycles. The van der Waals surface area contributed by atoms with Gasteiger partial charge in [-0.05, 0) is 25.8 Å². The molecule has 2 heteroatoms. The second kappa shape index (κ2) is 4.73. The Kier molecular flexibility index (Phi) is 3.87. The fourth-order valence-electron chi connectivity index (χ4n) is 1.89. The van der Waals surface area contributed by atoms with Crippen molar-refractivity contribution in [2.75, 3.05) is 13.6 Å². The molecule has 0 unspecified atom stereocenters. The molecule has 1 fully saturated rings. The van der Waals surface area contributed by atoms with Crippen molar-refractivity contribution in [2.24, 2.45) is 5.92 Å². The van der Waals surface area contributed by atoms with Gasteiger partial charge in [0.1, 0.15) is 0 Å². The summed E-state index contributed by atoms with van der Waals surface area (Å²) in [6.07, 6.45) is 6.33. The standard InChI is InChI=1S/C9H19NO/c1-10-7-9(11)8-5-3-2-4-6-8/h8-11H,2-7H2,1H3/t9-/m1/s1. The Labute approximate surface area is 69.0 Å². The SMILES string of the molecule is CNC[C@@H](O)C1CCCCC1. The third-order valence-corrected chi connectivity index (χ3v) is 2.61. The highest BCUT2D eigenvalue weighted by atomic mass is 16.3. The van der Waals surface area contributed by atoms with Crippen LogP contribution in [0.2, 0.25) is 0 Å². The Bertz CT molecular complexity index is 99.7. The van der Waals surface area contributed by atoms with Crippen molar-refractivity contribution in [1.82, 2.24) is 5.32 Å². The zero-order valence-corrected chi connectivity index (χ0v) is 7.34. The van der Waals surface area contributed by atoms with Crippen LogP contribution in [0.5, 0.6) is 0 Å². The lowest BCUT2D eigenvalue weighted by molar-refractivity contribution is 0.0859. The third-order valence-electron chi connectivity index (χ3n) is 2.61. The Hall–Kier alpha value is -0.0800. The second-order valence-corrected chi connectivity index (χ2v) is 3.52. The third kappa shape index (κ3) is 2.80. The Morgan fingerprint density at radius 2 is 2.00 bits per heavy atom. The number of hydrogen-bond donors (Lipinski definition) is 2. The van der Waals surface area contributed by atoms with Gasteiger partial charge in [-0.3, -0.25) is 0 Å². The van der Waals surface area contributed by atoms with Crippen LogP contribution < -0.4 is 5.32 Å². The summed E-state index contributed by atoms with van der Waals surface area (Å²) in [7, 11) is 1.89. The molecule has 1 atom stereocenters. The largest absolute Gasteiger partial charge is 0.392 e. The van der Waals surface area contributed by atoms with Crippen molar-refractivity contribution in [3.05, 3.63) is 0 Å². The van der Waals surface area contributed by atoms with Gasteiger partial charge in [-0.2, -0.15) is 0 Å². The summed E-state index contributed by atoms with van der Waals surface area (Å²) in [5.41, 5.74) is 0. The number of hydrogen-bond acceptors (Lipinski definition) is 2. The van der Waals surface area contributed by atoms with Gasteiger partial charge >= 0.3 is 0 Å². The predicted octanol–water partition coefficient (Wildman–Crippen LogP) is 1.15. The van der Waals surface area contributed by atoms with Crippen LogP contribution >= 0.6 is 0 Å². The summed E-state index contributed by atoms with van der Waals surface area (Å²) < 4.78 is 0. The van der Waals surface area contributed by atoms with Crippen molar-refractivity contribution < 1.29 is 5.11 Å². The van der Waals surface area contributed by atoms with Crippen LogP contribution in [-0.4, -0.2) is 24.8 Å². The molecule has 2 N–H and O–H groups in total. The molecule has 0 bridgehead atoms. The van der Waals surface area contributed by atoms with Gasteiger partial charge in [-0.25, -0.2) is 0 Å². The molecule has 66 valence electrons. The molecule has 1 aliphatic carbocycles. The summed E-state index contributed by atoms with van der Waals surface area (Å²) in [5.74, 6) is 0.566. The second-order valence-electron chi connectivity index (χ2n) is 3.52. The molecule has 1 saturated carbocycles. The number of aliphatic hydroxyl groups excluding tert-OH is 1. The Balaban J connectivity index is 2.21. The van der Waals surface area contributed by atoms with Crippen molar-refractivity contribution in [3.8, 4) is 0 Å². The quantitative estimate of drug-likeness (QED) is 0.644. The van der Waals surface area contributed by atoms with E-state index in [0.29, 0.717) is 5.92 Å². The minimum atomic E-state index is -0.111. The molecule has 0 aliphatic heterocycles. The zero-order valence-electron chi connectivity index (χ0n) is 7.34. The van der Waals surface area contributed by atoms with Gasteiger partial charge in [0.2, 0.25) is 0 Å². The van der Waals surface area contributed by atoms with Crippen LogP contribution in [0.25, 0.3) is 0 Å². The van der Waals surface area contributed by atoms with E-state index < -0.39 is 0 Å². The lowest BCUT2D eigenvalue weighted by Gasteiger charge is -2.26. The number of nitrogens with one attached hydrogen (secondary N) is 1. The van der Waals surface area contributed by atoms with Crippen molar-refractivity contribution in [2.45, 2.75) is 38.2 Å². The highest BCUT2D eigenvalue weighted by Gasteiger charge is 2.20. The van der Waals surface area contributed by atoms with E-state index in [1.54, 1.807) is 0 Å². The first-order valence-electron chi connectivity index (χ1n) is 4.67. The zero-order chi connectivity index (χ0) is 8.10. The average Bonchev–Trinajstić information content (AvgIpc) is 2.07. The van der Waals surface area contributed by atoms with Gasteiger partial charge in [0.05, 0.1) is 6.10 Å². The fraction of sp³-hybridized carbons (Fsp3) is 1.00. The molecule has 1 rings (SSSR count).